The van der Waals surface area contributed by atoms with Gasteiger partial charge in [0.25, 0.3) is 5.91 Å². The Hall–Kier alpha value is -1.83. The molecule has 1 saturated heterocycles. The van der Waals surface area contributed by atoms with Gasteiger partial charge in [-0.05, 0) is 56.9 Å². The number of rotatable bonds is 3. The SMILES string of the molecule is COCC1CCCN(C(=O)c2ccc(C#CC(C)(C)O)cc2)C1. The molecule has 4 heteroatoms. The van der Waals surface area contributed by atoms with E-state index in [1.54, 1.807) is 33.1 Å². The standard InChI is InChI=1S/C19H25NO3/c1-19(2,22)11-10-15-6-8-17(9-7-15)18(21)20-12-4-5-16(13-20)14-23-3/h6-9,16,22H,4-5,12-14H2,1-3H3. The third-order valence-electron chi connectivity index (χ3n) is 3.85. The lowest BCUT2D eigenvalue weighted by Crippen LogP contribution is -2.41. The van der Waals surface area contributed by atoms with Crippen LogP contribution in [-0.4, -0.2) is 48.3 Å². The van der Waals surface area contributed by atoms with Gasteiger partial charge in [0.05, 0.1) is 6.61 Å². The van der Waals surface area contributed by atoms with Crippen molar-refractivity contribution in [3.05, 3.63) is 35.4 Å². The van der Waals surface area contributed by atoms with E-state index in [-0.39, 0.29) is 5.91 Å². The number of hydrogen-bond acceptors (Lipinski definition) is 3. The van der Waals surface area contributed by atoms with Crippen LogP contribution in [0.4, 0.5) is 0 Å². The number of piperidine rings is 1. The molecule has 1 aromatic rings. The Morgan fingerprint density at radius 2 is 2.09 bits per heavy atom. The fourth-order valence-electron chi connectivity index (χ4n) is 2.73. The Morgan fingerprint density at radius 1 is 1.39 bits per heavy atom. The molecule has 1 aliphatic rings. The molecule has 1 unspecified atom stereocenters. The normalized spacial score (nSPS) is 18.3. The Balaban J connectivity index is 2.03. The predicted molar refractivity (Wildman–Crippen MR) is 90.1 cm³/mol. The topological polar surface area (TPSA) is 49.8 Å². The molecule has 0 spiro atoms. The summed E-state index contributed by atoms with van der Waals surface area (Å²) < 4.78 is 5.21. The largest absolute Gasteiger partial charge is 0.384 e. The Labute approximate surface area is 138 Å². The van der Waals surface area contributed by atoms with Crippen LogP contribution < -0.4 is 0 Å². The molecule has 0 bridgehead atoms. The van der Waals surface area contributed by atoms with Crippen LogP contribution in [0.25, 0.3) is 0 Å². The first kappa shape index (κ1) is 17.5. The van der Waals surface area contributed by atoms with Crippen molar-refractivity contribution in [1.82, 2.24) is 4.90 Å². The van der Waals surface area contributed by atoms with Gasteiger partial charge in [-0.2, -0.15) is 0 Å². The number of ether oxygens (including phenoxy) is 1. The first-order valence-electron chi connectivity index (χ1n) is 8.03. The van der Waals surface area contributed by atoms with Crippen molar-refractivity contribution in [3.8, 4) is 11.8 Å². The Bertz CT molecular complexity index is 588. The zero-order valence-corrected chi connectivity index (χ0v) is 14.1. The number of likely N-dealkylation sites (tertiary alicyclic amines) is 1. The highest BCUT2D eigenvalue weighted by molar-refractivity contribution is 5.94. The molecule has 1 heterocycles. The Kier molecular flexibility index (Phi) is 5.81. The number of hydrogen-bond donors (Lipinski definition) is 1. The first-order chi connectivity index (χ1) is 10.9. The molecule has 1 atom stereocenters. The van der Waals surface area contributed by atoms with Gasteiger partial charge in [0.2, 0.25) is 0 Å². The summed E-state index contributed by atoms with van der Waals surface area (Å²) in [6, 6.07) is 7.25. The van der Waals surface area contributed by atoms with E-state index in [0.717, 1.165) is 31.5 Å². The third-order valence-corrected chi connectivity index (χ3v) is 3.85. The lowest BCUT2D eigenvalue weighted by Gasteiger charge is -2.32. The van der Waals surface area contributed by atoms with Crippen LogP contribution in [0.15, 0.2) is 24.3 Å². The average Bonchev–Trinajstić information content (AvgIpc) is 2.53. The van der Waals surface area contributed by atoms with E-state index in [1.165, 1.54) is 0 Å². The maximum atomic E-state index is 12.6. The molecule has 0 aliphatic carbocycles. The molecule has 1 N–H and O–H groups in total. The number of carbonyl (C=O) groups excluding carboxylic acids is 1. The Morgan fingerprint density at radius 3 is 2.70 bits per heavy atom. The van der Waals surface area contributed by atoms with E-state index < -0.39 is 5.60 Å². The van der Waals surface area contributed by atoms with Crippen molar-refractivity contribution in [2.45, 2.75) is 32.3 Å². The van der Waals surface area contributed by atoms with E-state index in [1.807, 2.05) is 17.0 Å². The molecule has 4 nitrogen and oxygen atoms in total. The van der Waals surface area contributed by atoms with Gasteiger partial charge in [0.15, 0.2) is 0 Å². The van der Waals surface area contributed by atoms with E-state index in [4.69, 9.17) is 4.74 Å². The molecular formula is C19H25NO3. The predicted octanol–water partition coefficient (Wildman–Crippen LogP) is 2.31. The second-order valence-electron chi connectivity index (χ2n) is 6.60. The number of aliphatic hydroxyl groups is 1. The van der Waals surface area contributed by atoms with Crippen molar-refractivity contribution >= 4 is 5.91 Å². The highest BCUT2D eigenvalue weighted by atomic mass is 16.5. The molecule has 23 heavy (non-hydrogen) atoms. The van der Waals surface area contributed by atoms with Crippen LogP contribution in [-0.2, 0) is 4.74 Å². The van der Waals surface area contributed by atoms with Gasteiger partial charge in [-0.3, -0.25) is 4.79 Å². The molecule has 1 fully saturated rings. The summed E-state index contributed by atoms with van der Waals surface area (Å²) in [5.74, 6) is 6.17. The van der Waals surface area contributed by atoms with Crippen LogP contribution in [0.3, 0.4) is 0 Å². The number of nitrogens with zero attached hydrogens (tertiary/aromatic N) is 1. The quantitative estimate of drug-likeness (QED) is 0.871. The number of benzene rings is 1. The van der Waals surface area contributed by atoms with Crippen LogP contribution in [0.5, 0.6) is 0 Å². The second kappa shape index (κ2) is 7.63. The molecule has 0 saturated carbocycles. The molecule has 0 radical (unpaired) electrons. The van der Waals surface area contributed by atoms with Gasteiger partial charge in [0, 0.05) is 31.3 Å². The number of carbonyl (C=O) groups is 1. The lowest BCUT2D eigenvalue weighted by atomic mass is 9.98. The third kappa shape index (κ3) is 5.38. The fourth-order valence-corrected chi connectivity index (χ4v) is 2.73. The minimum atomic E-state index is -1.02. The van der Waals surface area contributed by atoms with Crippen molar-refractivity contribution in [2.75, 3.05) is 26.8 Å². The zero-order chi connectivity index (χ0) is 16.9. The van der Waals surface area contributed by atoms with Gasteiger partial charge >= 0.3 is 0 Å². The molecule has 1 amide bonds. The smallest absolute Gasteiger partial charge is 0.253 e. The summed E-state index contributed by atoms with van der Waals surface area (Å²) in [6.07, 6.45) is 2.14. The number of amides is 1. The van der Waals surface area contributed by atoms with E-state index >= 15 is 0 Å². The molecule has 0 aromatic heterocycles. The maximum Gasteiger partial charge on any atom is 0.253 e. The minimum absolute atomic E-state index is 0.0628. The summed E-state index contributed by atoms with van der Waals surface area (Å²) in [7, 11) is 1.70. The molecular weight excluding hydrogens is 290 g/mol. The molecule has 124 valence electrons. The van der Waals surface area contributed by atoms with Gasteiger partial charge < -0.3 is 14.7 Å². The first-order valence-corrected chi connectivity index (χ1v) is 8.03. The summed E-state index contributed by atoms with van der Waals surface area (Å²) in [5.41, 5.74) is 0.454. The molecule has 1 aromatic carbocycles. The van der Waals surface area contributed by atoms with Gasteiger partial charge in [0.1, 0.15) is 5.60 Å². The minimum Gasteiger partial charge on any atom is -0.384 e. The summed E-state index contributed by atoms with van der Waals surface area (Å²) in [6.45, 7) is 5.55. The second-order valence-corrected chi connectivity index (χ2v) is 6.60. The van der Waals surface area contributed by atoms with E-state index in [0.29, 0.717) is 18.1 Å². The van der Waals surface area contributed by atoms with Crippen LogP contribution in [0, 0.1) is 17.8 Å². The highest BCUT2D eigenvalue weighted by Gasteiger charge is 2.24. The van der Waals surface area contributed by atoms with E-state index in [9.17, 15) is 9.90 Å². The molecule has 2 rings (SSSR count). The fraction of sp³-hybridized carbons (Fsp3) is 0.526. The van der Waals surface area contributed by atoms with Crippen molar-refractivity contribution in [1.29, 1.82) is 0 Å². The summed E-state index contributed by atoms with van der Waals surface area (Å²) in [4.78, 5) is 14.5. The average molecular weight is 315 g/mol. The zero-order valence-electron chi connectivity index (χ0n) is 14.1. The van der Waals surface area contributed by atoms with Crippen LogP contribution in [0.2, 0.25) is 0 Å². The van der Waals surface area contributed by atoms with Gasteiger partial charge in [-0.15, -0.1) is 0 Å². The lowest BCUT2D eigenvalue weighted by molar-refractivity contribution is 0.0571. The van der Waals surface area contributed by atoms with Crippen molar-refractivity contribution in [3.63, 3.8) is 0 Å². The highest BCUT2D eigenvalue weighted by Crippen LogP contribution is 2.19. The van der Waals surface area contributed by atoms with Crippen molar-refractivity contribution in [2.24, 2.45) is 5.92 Å². The summed E-state index contributed by atoms with van der Waals surface area (Å²) >= 11 is 0. The van der Waals surface area contributed by atoms with E-state index in [2.05, 4.69) is 11.8 Å². The summed E-state index contributed by atoms with van der Waals surface area (Å²) in [5, 5.41) is 9.62. The van der Waals surface area contributed by atoms with Crippen LogP contribution in [0.1, 0.15) is 42.6 Å². The van der Waals surface area contributed by atoms with Crippen LogP contribution >= 0.6 is 0 Å². The van der Waals surface area contributed by atoms with Gasteiger partial charge in [-0.25, -0.2) is 0 Å². The number of methoxy groups -OCH3 is 1. The van der Waals surface area contributed by atoms with Crippen molar-refractivity contribution < 1.29 is 14.6 Å². The molecule has 1 aliphatic heterocycles. The van der Waals surface area contributed by atoms with Gasteiger partial charge in [-0.1, -0.05) is 11.8 Å². The monoisotopic (exact) mass is 315 g/mol. The maximum absolute atomic E-state index is 12.6.